The Morgan fingerprint density at radius 1 is 1.07 bits per heavy atom. The Kier molecular flexibility index (Phi) is 3.30. The van der Waals surface area contributed by atoms with Gasteiger partial charge in [-0.2, -0.15) is 0 Å². The van der Waals surface area contributed by atoms with Crippen LogP contribution in [0.25, 0.3) is 0 Å². The fraction of sp³-hybridized carbons (Fsp3) is 0.333. The van der Waals surface area contributed by atoms with Crippen molar-refractivity contribution >= 4 is 34.4 Å². The van der Waals surface area contributed by atoms with E-state index in [0.717, 1.165) is 17.1 Å². The molecule has 1 aromatic carbocycles. The van der Waals surface area contributed by atoms with Crippen molar-refractivity contribution < 1.29 is 0 Å². The molecule has 0 saturated heterocycles. The zero-order chi connectivity index (χ0) is 10.7. The summed E-state index contributed by atoms with van der Waals surface area (Å²) < 4.78 is 0. The third-order valence-corrected chi connectivity index (χ3v) is 2.46. The van der Waals surface area contributed by atoms with Crippen molar-refractivity contribution in [2.45, 2.75) is 0 Å². The van der Waals surface area contributed by atoms with Gasteiger partial charge in [0, 0.05) is 21.1 Å². The number of rotatable bonds is 3. The summed E-state index contributed by atoms with van der Waals surface area (Å²) in [5.41, 5.74) is 8.94. The number of nitrogens with one attached hydrogen (secondary N) is 3. The fourth-order valence-electron chi connectivity index (χ4n) is 1.37. The average Bonchev–Trinajstić information content (AvgIpc) is 2.20. The zero-order valence-electron chi connectivity index (χ0n) is 8.53. The molecule has 0 heterocycles. The van der Waals surface area contributed by atoms with E-state index in [1.165, 1.54) is 0 Å². The van der Waals surface area contributed by atoms with E-state index in [1.54, 1.807) is 20.2 Å². The van der Waals surface area contributed by atoms with E-state index >= 15 is 0 Å². The van der Waals surface area contributed by atoms with Gasteiger partial charge < -0.3 is 21.7 Å². The molecule has 5 heteroatoms. The Labute approximate surface area is 88.8 Å². The van der Waals surface area contributed by atoms with Gasteiger partial charge in [-0.05, 0) is 6.07 Å². The van der Waals surface area contributed by atoms with Crippen molar-refractivity contribution in [3.63, 3.8) is 0 Å². The third kappa shape index (κ3) is 1.65. The van der Waals surface area contributed by atoms with Crippen molar-refractivity contribution in [2.75, 3.05) is 42.8 Å². The van der Waals surface area contributed by atoms with Crippen LogP contribution >= 0.6 is 11.6 Å². The first kappa shape index (κ1) is 10.8. The van der Waals surface area contributed by atoms with Crippen LogP contribution in [0.2, 0.25) is 5.02 Å². The monoisotopic (exact) mass is 214 g/mol. The summed E-state index contributed by atoms with van der Waals surface area (Å²) in [6, 6.07) is 1.80. The molecule has 0 amide bonds. The van der Waals surface area contributed by atoms with Crippen molar-refractivity contribution in [2.24, 2.45) is 0 Å². The number of hydrogen-bond acceptors (Lipinski definition) is 4. The minimum atomic E-state index is 0.633. The van der Waals surface area contributed by atoms with Crippen LogP contribution in [0.15, 0.2) is 6.07 Å². The summed E-state index contributed by atoms with van der Waals surface area (Å²) in [6.07, 6.45) is 0. The fourth-order valence-corrected chi connectivity index (χ4v) is 1.70. The minimum Gasteiger partial charge on any atom is -0.397 e. The normalized spacial score (nSPS) is 9.71. The van der Waals surface area contributed by atoms with E-state index in [-0.39, 0.29) is 0 Å². The van der Waals surface area contributed by atoms with Gasteiger partial charge in [-0.3, -0.25) is 0 Å². The molecule has 5 N–H and O–H groups in total. The summed E-state index contributed by atoms with van der Waals surface area (Å²) in [5.74, 6) is 0. The quantitative estimate of drug-likeness (QED) is 0.582. The van der Waals surface area contributed by atoms with Gasteiger partial charge in [-0.25, -0.2) is 0 Å². The highest BCUT2D eigenvalue weighted by atomic mass is 35.5. The molecule has 0 aromatic heterocycles. The first-order valence-electron chi connectivity index (χ1n) is 4.31. The average molecular weight is 215 g/mol. The Morgan fingerprint density at radius 3 is 2.07 bits per heavy atom. The molecular weight excluding hydrogens is 200 g/mol. The summed E-state index contributed by atoms with van der Waals surface area (Å²) >= 11 is 6.14. The van der Waals surface area contributed by atoms with Crippen LogP contribution in [0.1, 0.15) is 0 Å². The molecule has 0 aliphatic rings. The molecule has 0 spiro atoms. The van der Waals surface area contributed by atoms with Gasteiger partial charge in [0.05, 0.1) is 27.8 Å². The lowest BCUT2D eigenvalue weighted by Gasteiger charge is -2.16. The Morgan fingerprint density at radius 2 is 1.64 bits per heavy atom. The Bertz CT molecular complexity index is 338. The maximum atomic E-state index is 6.14. The van der Waals surface area contributed by atoms with Gasteiger partial charge in [0.15, 0.2) is 0 Å². The maximum Gasteiger partial charge on any atom is 0.0891 e. The highest BCUT2D eigenvalue weighted by molar-refractivity contribution is 6.37. The molecule has 0 radical (unpaired) electrons. The Balaban J connectivity index is 3.40. The largest absolute Gasteiger partial charge is 0.397 e. The second kappa shape index (κ2) is 4.28. The van der Waals surface area contributed by atoms with Gasteiger partial charge in [0.1, 0.15) is 0 Å². The summed E-state index contributed by atoms with van der Waals surface area (Å²) in [5, 5.41) is 9.64. The van der Waals surface area contributed by atoms with E-state index < -0.39 is 0 Å². The zero-order valence-corrected chi connectivity index (χ0v) is 9.29. The molecule has 14 heavy (non-hydrogen) atoms. The maximum absolute atomic E-state index is 6.14. The minimum absolute atomic E-state index is 0.633. The van der Waals surface area contributed by atoms with Crippen molar-refractivity contribution in [1.82, 2.24) is 0 Å². The molecule has 0 saturated carbocycles. The second-order valence-electron chi connectivity index (χ2n) is 2.83. The van der Waals surface area contributed by atoms with Crippen LogP contribution in [0.4, 0.5) is 22.7 Å². The summed E-state index contributed by atoms with van der Waals surface area (Å²) in [7, 11) is 5.42. The topological polar surface area (TPSA) is 62.1 Å². The number of benzene rings is 1. The molecule has 0 bridgehead atoms. The lowest BCUT2D eigenvalue weighted by Crippen LogP contribution is -2.04. The van der Waals surface area contributed by atoms with Crippen LogP contribution in [-0.2, 0) is 0 Å². The lowest BCUT2D eigenvalue weighted by atomic mass is 10.2. The molecular formula is C9H15ClN4. The SMILES string of the molecule is CNc1cc(N)c(NC)c(NC)c1Cl. The van der Waals surface area contributed by atoms with Gasteiger partial charge >= 0.3 is 0 Å². The van der Waals surface area contributed by atoms with Crippen LogP contribution in [0.3, 0.4) is 0 Å². The van der Waals surface area contributed by atoms with Gasteiger partial charge in [-0.15, -0.1) is 0 Å². The van der Waals surface area contributed by atoms with Gasteiger partial charge in [0.2, 0.25) is 0 Å². The second-order valence-corrected chi connectivity index (χ2v) is 3.21. The lowest BCUT2D eigenvalue weighted by molar-refractivity contribution is 1.43. The number of anilines is 4. The highest BCUT2D eigenvalue weighted by Crippen LogP contribution is 2.40. The predicted octanol–water partition coefficient (Wildman–Crippen LogP) is 2.05. The van der Waals surface area contributed by atoms with E-state index in [0.29, 0.717) is 10.7 Å². The molecule has 0 fully saturated rings. The smallest absolute Gasteiger partial charge is 0.0891 e. The van der Waals surface area contributed by atoms with E-state index in [4.69, 9.17) is 17.3 Å². The molecule has 0 unspecified atom stereocenters. The molecule has 0 aliphatic carbocycles. The van der Waals surface area contributed by atoms with E-state index in [9.17, 15) is 0 Å². The Hall–Kier alpha value is -1.29. The van der Waals surface area contributed by atoms with Crippen LogP contribution in [-0.4, -0.2) is 21.1 Å². The third-order valence-electron chi connectivity index (χ3n) is 2.06. The molecule has 4 nitrogen and oxygen atoms in total. The molecule has 0 aliphatic heterocycles. The summed E-state index contributed by atoms with van der Waals surface area (Å²) in [4.78, 5) is 0. The number of hydrogen-bond donors (Lipinski definition) is 4. The number of nitrogen functional groups attached to an aromatic ring is 1. The molecule has 1 aromatic rings. The van der Waals surface area contributed by atoms with Crippen molar-refractivity contribution in [3.8, 4) is 0 Å². The van der Waals surface area contributed by atoms with Gasteiger partial charge in [0.25, 0.3) is 0 Å². The standard InChI is InChI=1S/C9H15ClN4/c1-12-6-4-5(11)8(13-2)9(14-3)7(6)10/h4,12-14H,11H2,1-3H3. The van der Waals surface area contributed by atoms with E-state index in [1.807, 2.05) is 7.05 Å². The number of halogens is 1. The molecule has 1 rings (SSSR count). The van der Waals surface area contributed by atoms with Crippen LogP contribution in [0.5, 0.6) is 0 Å². The van der Waals surface area contributed by atoms with Crippen molar-refractivity contribution in [1.29, 1.82) is 0 Å². The number of nitrogens with two attached hydrogens (primary N) is 1. The predicted molar refractivity (Wildman–Crippen MR) is 64.5 cm³/mol. The van der Waals surface area contributed by atoms with Crippen molar-refractivity contribution in [3.05, 3.63) is 11.1 Å². The highest BCUT2D eigenvalue weighted by Gasteiger charge is 2.12. The summed E-state index contributed by atoms with van der Waals surface area (Å²) in [6.45, 7) is 0. The molecule has 78 valence electrons. The van der Waals surface area contributed by atoms with Gasteiger partial charge in [-0.1, -0.05) is 11.6 Å². The molecule has 0 atom stereocenters. The van der Waals surface area contributed by atoms with Crippen LogP contribution < -0.4 is 21.7 Å². The first-order chi connectivity index (χ1) is 6.65. The first-order valence-corrected chi connectivity index (χ1v) is 4.68. The van der Waals surface area contributed by atoms with E-state index in [2.05, 4.69) is 16.0 Å². The van der Waals surface area contributed by atoms with Crippen LogP contribution in [0, 0.1) is 0 Å².